The average Bonchev–Trinajstić information content (AvgIpc) is 2.41. The van der Waals surface area contributed by atoms with E-state index in [1.165, 1.54) is 0 Å². The predicted octanol–water partition coefficient (Wildman–Crippen LogP) is 4.37. The number of rotatable bonds is 2. The summed E-state index contributed by atoms with van der Waals surface area (Å²) in [5.74, 6) is 0.886. The van der Waals surface area contributed by atoms with Crippen LogP contribution in [0.5, 0.6) is 0 Å². The normalized spacial score (nSPS) is 10.2. The Morgan fingerprint density at radius 1 is 0.895 bits per heavy atom. The fourth-order valence-electron chi connectivity index (χ4n) is 1.45. The van der Waals surface area contributed by atoms with Crippen molar-refractivity contribution in [1.29, 1.82) is 0 Å². The number of hydrogen-bond donors (Lipinski definition) is 1. The summed E-state index contributed by atoms with van der Waals surface area (Å²) in [5, 5.41) is 3.24. The monoisotopic (exact) mass is 310 g/mol. The topological polar surface area (TPSA) is 24.4 Å². The van der Waals surface area contributed by atoms with E-state index in [1.54, 1.807) is 0 Å². The zero-order valence-corrected chi connectivity index (χ0v) is 14.9. The molecule has 0 aromatic heterocycles. The molecule has 2 aromatic carbocycles. The van der Waals surface area contributed by atoms with Gasteiger partial charge in [0.15, 0.2) is 0 Å². The first kappa shape index (κ1) is 15.6. The maximum atomic E-state index is 4.46. The Labute approximate surface area is 123 Å². The summed E-state index contributed by atoms with van der Waals surface area (Å²) in [6.45, 7) is 1.96. The molecule has 2 aromatic rings. The van der Waals surface area contributed by atoms with Crippen LogP contribution >= 0.6 is 0 Å². The van der Waals surface area contributed by atoms with Crippen molar-refractivity contribution in [1.82, 2.24) is 0 Å². The van der Waals surface area contributed by atoms with E-state index in [2.05, 4.69) is 21.3 Å². The van der Waals surface area contributed by atoms with E-state index < -0.39 is 0 Å². The molecule has 0 bridgehead atoms. The summed E-state index contributed by atoms with van der Waals surface area (Å²) < 4.78 is 0. The van der Waals surface area contributed by atoms with Crippen LogP contribution in [0.3, 0.4) is 0 Å². The zero-order valence-electron chi connectivity index (χ0n) is 11.9. The number of para-hydroxylation sites is 2. The van der Waals surface area contributed by atoms with Crippen LogP contribution in [0.2, 0.25) is 11.0 Å². The van der Waals surface area contributed by atoms with Crippen LogP contribution in [-0.4, -0.2) is 23.2 Å². The van der Waals surface area contributed by atoms with Gasteiger partial charge < -0.3 is 5.32 Å². The van der Waals surface area contributed by atoms with Crippen LogP contribution in [-0.2, 0) is 0 Å². The second kappa shape index (κ2) is 9.47. The molecule has 3 heteroatoms. The summed E-state index contributed by atoms with van der Waals surface area (Å²) in [7, 11) is 0. The Hall–Kier alpha value is -1.45. The van der Waals surface area contributed by atoms with Gasteiger partial charge in [-0.1, -0.05) is 36.4 Å². The van der Waals surface area contributed by atoms with Crippen molar-refractivity contribution in [3.05, 3.63) is 60.7 Å². The molecule has 0 spiro atoms. The minimum absolute atomic E-state index is 0.125. The molecule has 0 aliphatic carbocycles. The summed E-state index contributed by atoms with van der Waals surface area (Å²) >= 11 is 0.125. The maximum absolute atomic E-state index is 4.46. The van der Waals surface area contributed by atoms with Gasteiger partial charge in [0.25, 0.3) is 0 Å². The second-order valence-electron chi connectivity index (χ2n) is 4.23. The van der Waals surface area contributed by atoms with Crippen LogP contribution in [0.4, 0.5) is 11.4 Å². The molecule has 0 radical (unpaired) electrons. The van der Waals surface area contributed by atoms with E-state index in [1.807, 2.05) is 67.6 Å². The first-order chi connectivity index (χ1) is 9.26. The molecular formula is C16H21GaN2. The van der Waals surface area contributed by atoms with Crippen LogP contribution in [0.15, 0.2) is 65.7 Å². The van der Waals surface area contributed by atoms with Gasteiger partial charge in [0.2, 0.25) is 0 Å². The molecule has 0 heterocycles. The van der Waals surface area contributed by atoms with Gasteiger partial charge in [-0.2, -0.15) is 0 Å². The van der Waals surface area contributed by atoms with Gasteiger partial charge in [-0.15, -0.1) is 0 Å². The summed E-state index contributed by atoms with van der Waals surface area (Å²) in [4.78, 5) is 4.46. The molecule has 2 nitrogen and oxygen atoms in total. The molecule has 0 atom stereocenters. The fraction of sp³-hybridized carbons (Fsp3) is 0.188. The first-order valence-electron chi connectivity index (χ1n) is 6.68. The molecule has 2 rings (SSSR count). The molecule has 98 valence electrons. The minimum atomic E-state index is 0.125. The third kappa shape index (κ3) is 6.89. The SMILES string of the molecule is C/C(=N\c1ccccc1)Nc1ccccc1.[CH3][GaH][CH3]. The van der Waals surface area contributed by atoms with Crippen molar-refractivity contribution in [2.75, 3.05) is 5.32 Å². The molecule has 19 heavy (non-hydrogen) atoms. The third-order valence-electron chi connectivity index (χ3n) is 2.15. The van der Waals surface area contributed by atoms with Crippen LogP contribution in [0, 0.1) is 0 Å². The Bertz CT molecular complexity index is 481. The van der Waals surface area contributed by atoms with Crippen molar-refractivity contribution in [3.8, 4) is 0 Å². The molecule has 0 amide bonds. The van der Waals surface area contributed by atoms with E-state index in [-0.39, 0.29) is 17.4 Å². The number of nitrogens with zero attached hydrogens (tertiary/aromatic N) is 1. The fourth-order valence-corrected chi connectivity index (χ4v) is 1.45. The number of aliphatic imine (C=N–C) groups is 1. The van der Waals surface area contributed by atoms with Crippen molar-refractivity contribution in [2.45, 2.75) is 17.9 Å². The van der Waals surface area contributed by atoms with Crippen LogP contribution in [0.1, 0.15) is 6.92 Å². The zero-order chi connectivity index (χ0) is 13.9. The van der Waals surface area contributed by atoms with E-state index in [4.69, 9.17) is 0 Å². The van der Waals surface area contributed by atoms with Gasteiger partial charge in [0.05, 0.1) is 5.69 Å². The van der Waals surface area contributed by atoms with E-state index in [0.29, 0.717) is 0 Å². The molecule has 0 saturated carbocycles. The van der Waals surface area contributed by atoms with Gasteiger partial charge in [-0.3, -0.25) is 0 Å². The molecular weight excluding hydrogens is 290 g/mol. The summed E-state index contributed by atoms with van der Waals surface area (Å²) in [5.41, 5.74) is 6.64. The van der Waals surface area contributed by atoms with E-state index >= 15 is 0 Å². The number of nitrogens with one attached hydrogen (secondary N) is 1. The molecule has 0 saturated heterocycles. The van der Waals surface area contributed by atoms with Crippen molar-refractivity contribution in [3.63, 3.8) is 0 Å². The number of amidine groups is 1. The Balaban J connectivity index is 0.000000550. The van der Waals surface area contributed by atoms with Gasteiger partial charge in [0.1, 0.15) is 5.84 Å². The first-order valence-corrected chi connectivity index (χ1v) is 12.6. The quantitative estimate of drug-likeness (QED) is 0.497. The summed E-state index contributed by atoms with van der Waals surface area (Å²) in [6.07, 6.45) is 0. The second-order valence-corrected chi connectivity index (χ2v) is 7.20. The summed E-state index contributed by atoms with van der Waals surface area (Å²) in [6, 6.07) is 19.9. The number of hydrogen-bond acceptors (Lipinski definition) is 1. The van der Waals surface area contributed by atoms with Crippen molar-refractivity contribution < 1.29 is 0 Å². The standard InChI is InChI=1S/C14H14N2.2CH3.Ga.H/c1-12(15-13-8-4-2-5-9-13)16-14-10-6-3-7-11-14;;;;/h2-11H,1H3,(H,15,16);2*1H3;;. The molecule has 0 aliphatic heterocycles. The Morgan fingerprint density at radius 2 is 1.37 bits per heavy atom. The van der Waals surface area contributed by atoms with E-state index in [9.17, 15) is 0 Å². The number of benzene rings is 2. The molecule has 1 N–H and O–H groups in total. The number of anilines is 1. The Kier molecular flexibility index (Phi) is 7.78. The molecule has 0 fully saturated rings. The van der Waals surface area contributed by atoms with Crippen LogP contribution in [0.25, 0.3) is 0 Å². The van der Waals surface area contributed by atoms with E-state index in [0.717, 1.165) is 17.2 Å². The van der Waals surface area contributed by atoms with Gasteiger partial charge in [0, 0.05) is 5.69 Å². The van der Waals surface area contributed by atoms with Crippen LogP contribution < -0.4 is 5.32 Å². The van der Waals surface area contributed by atoms with Crippen molar-refractivity contribution in [2.24, 2.45) is 4.99 Å². The third-order valence-corrected chi connectivity index (χ3v) is 2.15. The predicted molar refractivity (Wildman–Crippen MR) is 88.2 cm³/mol. The van der Waals surface area contributed by atoms with Gasteiger partial charge in [-0.25, -0.2) is 4.99 Å². The van der Waals surface area contributed by atoms with Crippen molar-refractivity contribution >= 4 is 34.6 Å². The molecule has 0 unspecified atom stereocenters. The Morgan fingerprint density at radius 3 is 1.89 bits per heavy atom. The van der Waals surface area contributed by atoms with Gasteiger partial charge in [-0.05, 0) is 31.2 Å². The van der Waals surface area contributed by atoms with Gasteiger partial charge >= 0.3 is 28.4 Å². The average molecular weight is 311 g/mol. The molecule has 0 aliphatic rings.